The first kappa shape index (κ1) is 18.2. The highest BCUT2D eigenvalue weighted by molar-refractivity contribution is 5.53. The quantitative estimate of drug-likeness (QED) is 0.806. The second kappa shape index (κ2) is 8.62. The van der Waals surface area contributed by atoms with Crippen molar-refractivity contribution in [1.82, 2.24) is 0 Å². The Morgan fingerprint density at radius 2 is 1.48 bits per heavy atom. The molecular weight excluding hydrogens is 326 g/mol. The summed E-state index contributed by atoms with van der Waals surface area (Å²) in [4.78, 5) is 1.90. The highest BCUT2D eigenvalue weighted by Crippen LogP contribution is 2.21. The summed E-state index contributed by atoms with van der Waals surface area (Å²) in [7, 11) is 0. The van der Waals surface area contributed by atoms with Gasteiger partial charge in [0.1, 0.15) is 11.6 Å². The van der Waals surface area contributed by atoms with Gasteiger partial charge in [-0.15, -0.1) is 0 Å². The Balaban J connectivity index is 0.000000196. The molecule has 7 heteroatoms. The molecule has 0 bridgehead atoms. The lowest BCUT2D eigenvalue weighted by molar-refractivity contribution is 0.122. The van der Waals surface area contributed by atoms with E-state index in [1.54, 1.807) is 6.07 Å². The van der Waals surface area contributed by atoms with Crippen LogP contribution in [0.15, 0.2) is 36.4 Å². The minimum Gasteiger partial charge on any atom is -0.396 e. The number of anilines is 2. The topological polar surface area (TPSA) is 86.1 Å². The van der Waals surface area contributed by atoms with Crippen LogP contribution in [-0.4, -0.2) is 26.3 Å². The summed E-state index contributed by atoms with van der Waals surface area (Å²) < 4.78 is 31.1. The van der Waals surface area contributed by atoms with Crippen LogP contribution in [0.25, 0.3) is 0 Å². The van der Waals surface area contributed by atoms with Crippen molar-refractivity contribution in [1.29, 1.82) is 10.5 Å². The van der Waals surface area contributed by atoms with Gasteiger partial charge in [-0.25, -0.2) is 8.78 Å². The number of nitrogen functional groups attached to an aromatic ring is 1. The van der Waals surface area contributed by atoms with E-state index in [1.807, 2.05) is 17.0 Å². The predicted octanol–water partition coefficient (Wildman–Crippen LogP) is 2.81. The van der Waals surface area contributed by atoms with Crippen LogP contribution in [-0.2, 0) is 4.74 Å². The fraction of sp³-hybridized carbons (Fsp3) is 0.222. The largest absolute Gasteiger partial charge is 0.396 e. The monoisotopic (exact) mass is 342 g/mol. The Kier molecular flexibility index (Phi) is 6.27. The molecule has 25 heavy (non-hydrogen) atoms. The van der Waals surface area contributed by atoms with Gasteiger partial charge in [-0.1, -0.05) is 0 Å². The summed E-state index contributed by atoms with van der Waals surface area (Å²) in [6.07, 6.45) is 0. The third-order valence-corrected chi connectivity index (χ3v) is 3.55. The zero-order valence-electron chi connectivity index (χ0n) is 13.4. The van der Waals surface area contributed by atoms with Crippen LogP contribution in [0.4, 0.5) is 20.2 Å². The Bertz CT molecular complexity index is 821. The number of morpholine rings is 1. The fourth-order valence-corrected chi connectivity index (χ4v) is 2.24. The molecule has 5 nitrogen and oxygen atoms in total. The number of hydrogen-bond acceptors (Lipinski definition) is 5. The summed E-state index contributed by atoms with van der Waals surface area (Å²) in [5.74, 6) is -0.769. The standard InChI is InChI=1S/C11H11FN2O.C7H5FN2/c12-10-2-1-9(8-13)7-11(10)14-3-5-15-6-4-14;8-6-2-1-5(4-9)3-7(6)10/h1-2,7H,3-6H2;1-3H,10H2. The molecule has 0 radical (unpaired) electrons. The second-order valence-corrected chi connectivity index (χ2v) is 5.23. The minimum atomic E-state index is -0.487. The lowest BCUT2D eigenvalue weighted by atomic mass is 10.2. The first-order chi connectivity index (χ1) is 12.0. The molecule has 1 heterocycles. The lowest BCUT2D eigenvalue weighted by Crippen LogP contribution is -2.36. The maximum absolute atomic E-state index is 13.5. The molecule has 1 aliphatic rings. The molecule has 0 saturated carbocycles. The van der Waals surface area contributed by atoms with Crippen molar-refractivity contribution in [3.63, 3.8) is 0 Å². The van der Waals surface area contributed by atoms with E-state index < -0.39 is 5.82 Å². The summed E-state index contributed by atoms with van der Waals surface area (Å²) >= 11 is 0. The van der Waals surface area contributed by atoms with Crippen molar-refractivity contribution in [2.75, 3.05) is 36.9 Å². The predicted molar refractivity (Wildman–Crippen MR) is 89.7 cm³/mol. The number of rotatable bonds is 1. The number of nitrogens with two attached hydrogens (primary N) is 1. The molecule has 1 saturated heterocycles. The smallest absolute Gasteiger partial charge is 0.146 e. The fourth-order valence-electron chi connectivity index (χ4n) is 2.24. The first-order valence-corrected chi connectivity index (χ1v) is 7.52. The Hall–Kier alpha value is -3.16. The van der Waals surface area contributed by atoms with Crippen LogP contribution in [0.2, 0.25) is 0 Å². The second-order valence-electron chi connectivity index (χ2n) is 5.23. The van der Waals surface area contributed by atoms with Gasteiger partial charge in [-0.3, -0.25) is 0 Å². The van der Waals surface area contributed by atoms with Crippen molar-refractivity contribution in [2.45, 2.75) is 0 Å². The molecule has 0 atom stereocenters. The average Bonchev–Trinajstić information content (AvgIpc) is 2.65. The van der Waals surface area contributed by atoms with Crippen molar-refractivity contribution in [3.8, 4) is 12.1 Å². The van der Waals surface area contributed by atoms with Crippen molar-refractivity contribution >= 4 is 11.4 Å². The van der Waals surface area contributed by atoms with E-state index >= 15 is 0 Å². The molecule has 0 spiro atoms. The number of nitriles is 2. The van der Waals surface area contributed by atoms with Gasteiger partial charge < -0.3 is 15.4 Å². The van der Waals surface area contributed by atoms with Crippen LogP contribution in [0.5, 0.6) is 0 Å². The SMILES string of the molecule is N#Cc1ccc(F)c(N)c1.N#Cc1ccc(F)c(N2CCOCC2)c1. The average molecular weight is 342 g/mol. The molecule has 2 aromatic rings. The van der Waals surface area contributed by atoms with Crippen molar-refractivity contribution < 1.29 is 13.5 Å². The van der Waals surface area contributed by atoms with Crippen molar-refractivity contribution in [3.05, 3.63) is 59.2 Å². The summed E-state index contributed by atoms with van der Waals surface area (Å²) in [6, 6.07) is 12.1. The van der Waals surface area contributed by atoms with Gasteiger partial charge in [0.25, 0.3) is 0 Å². The maximum Gasteiger partial charge on any atom is 0.146 e. The molecule has 0 amide bonds. The zero-order chi connectivity index (χ0) is 18.2. The summed E-state index contributed by atoms with van der Waals surface area (Å²) in [5, 5.41) is 17.1. The van der Waals surface area contributed by atoms with Crippen LogP contribution in [0, 0.1) is 34.3 Å². The molecular formula is C18H16F2N4O. The van der Waals surface area contributed by atoms with Crippen LogP contribution >= 0.6 is 0 Å². The number of hydrogen-bond donors (Lipinski definition) is 1. The number of benzene rings is 2. The van der Waals surface area contributed by atoms with E-state index in [4.69, 9.17) is 21.0 Å². The first-order valence-electron chi connectivity index (χ1n) is 7.52. The Morgan fingerprint density at radius 3 is 2.04 bits per heavy atom. The van der Waals surface area contributed by atoms with Gasteiger partial charge in [0.15, 0.2) is 0 Å². The summed E-state index contributed by atoms with van der Waals surface area (Å²) in [6.45, 7) is 2.56. The molecule has 1 fully saturated rings. The van der Waals surface area contributed by atoms with Gasteiger partial charge in [-0.2, -0.15) is 10.5 Å². The van der Waals surface area contributed by atoms with Crippen molar-refractivity contribution in [2.24, 2.45) is 0 Å². The van der Waals surface area contributed by atoms with E-state index in [9.17, 15) is 8.78 Å². The van der Waals surface area contributed by atoms with Gasteiger partial charge in [-0.05, 0) is 36.4 Å². The number of halogens is 2. The van der Waals surface area contributed by atoms with Gasteiger partial charge in [0.05, 0.1) is 47.9 Å². The molecule has 2 N–H and O–H groups in total. The molecule has 0 aliphatic carbocycles. The third-order valence-electron chi connectivity index (χ3n) is 3.55. The highest BCUT2D eigenvalue weighted by atomic mass is 19.1. The number of nitrogens with zero attached hydrogens (tertiary/aromatic N) is 3. The van der Waals surface area contributed by atoms with Gasteiger partial charge in [0.2, 0.25) is 0 Å². The minimum absolute atomic E-state index is 0.0130. The van der Waals surface area contributed by atoms with E-state index in [2.05, 4.69) is 0 Å². The highest BCUT2D eigenvalue weighted by Gasteiger charge is 2.15. The van der Waals surface area contributed by atoms with E-state index in [1.165, 1.54) is 30.3 Å². The van der Waals surface area contributed by atoms with E-state index in [-0.39, 0.29) is 11.5 Å². The van der Waals surface area contributed by atoms with Gasteiger partial charge in [0, 0.05) is 13.1 Å². The maximum atomic E-state index is 13.5. The molecule has 0 unspecified atom stereocenters. The lowest BCUT2D eigenvalue weighted by Gasteiger charge is -2.29. The molecule has 3 rings (SSSR count). The van der Waals surface area contributed by atoms with E-state index in [0.29, 0.717) is 43.1 Å². The summed E-state index contributed by atoms with van der Waals surface area (Å²) in [5.41, 5.74) is 6.54. The molecule has 0 aromatic heterocycles. The molecule has 128 valence electrons. The Labute approximate surface area is 144 Å². The van der Waals surface area contributed by atoms with Crippen LogP contribution < -0.4 is 10.6 Å². The molecule has 1 aliphatic heterocycles. The normalized spacial score (nSPS) is 13.2. The Morgan fingerprint density at radius 1 is 0.920 bits per heavy atom. The third kappa shape index (κ3) is 4.90. The van der Waals surface area contributed by atoms with Gasteiger partial charge >= 0.3 is 0 Å². The molecule has 2 aromatic carbocycles. The van der Waals surface area contributed by atoms with E-state index in [0.717, 1.165) is 0 Å². The zero-order valence-corrected chi connectivity index (χ0v) is 13.4. The van der Waals surface area contributed by atoms with Crippen LogP contribution in [0.1, 0.15) is 11.1 Å². The number of ether oxygens (including phenoxy) is 1. The van der Waals surface area contributed by atoms with Crippen LogP contribution in [0.3, 0.4) is 0 Å².